The zero-order valence-electron chi connectivity index (χ0n) is 12.7. The molecule has 0 bridgehead atoms. The van der Waals surface area contributed by atoms with E-state index in [1.54, 1.807) is 0 Å². The van der Waals surface area contributed by atoms with Gasteiger partial charge in [-0.1, -0.05) is 32.0 Å². The van der Waals surface area contributed by atoms with Gasteiger partial charge in [0, 0.05) is 18.7 Å². The molecule has 21 heavy (non-hydrogen) atoms. The van der Waals surface area contributed by atoms with E-state index in [4.69, 9.17) is 10.5 Å². The van der Waals surface area contributed by atoms with E-state index in [9.17, 15) is 0 Å². The first-order chi connectivity index (χ1) is 10.1. The number of nitrogens with zero attached hydrogens (tertiary/aromatic N) is 2. The first-order valence-electron chi connectivity index (χ1n) is 7.63. The second-order valence-electron chi connectivity index (χ2n) is 6.26. The van der Waals surface area contributed by atoms with Crippen LogP contribution in [0.15, 0.2) is 36.8 Å². The zero-order chi connectivity index (χ0) is 14.8. The highest BCUT2D eigenvalue weighted by Crippen LogP contribution is 2.29. The fourth-order valence-corrected chi connectivity index (χ4v) is 3.00. The van der Waals surface area contributed by atoms with Crippen molar-refractivity contribution < 1.29 is 4.74 Å². The Morgan fingerprint density at radius 3 is 2.95 bits per heavy atom. The molecule has 1 aliphatic heterocycles. The Balaban J connectivity index is 1.69. The molecule has 1 aliphatic rings. The molecule has 2 unspecified atom stereocenters. The normalized spacial score (nSPS) is 18.6. The van der Waals surface area contributed by atoms with Crippen LogP contribution in [0.1, 0.15) is 37.6 Å². The SMILES string of the molecule is CC(C)CC(N)c1cncn1CC1Cc2ccccc2O1. The van der Waals surface area contributed by atoms with E-state index in [-0.39, 0.29) is 12.1 Å². The van der Waals surface area contributed by atoms with Gasteiger partial charge in [0.05, 0.1) is 18.6 Å². The van der Waals surface area contributed by atoms with Crippen molar-refractivity contribution in [1.29, 1.82) is 0 Å². The largest absolute Gasteiger partial charge is 0.488 e. The molecule has 2 atom stereocenters. The number of rotatable bonds is 5. The molecule has 0 saturated carbocycles. The topological polar surface area (TPSA) is 53.1 Å². The quantitative estimate of drug-likeness (QED) is 0.919. The predicted octanol–water partition coefficient (Wildman–Crippen LogP) is 2.93. The molecule has 1 aromatic heterocycles. The Hall–Kier alpha value is -1.81. The average Bonchev–Trinajstić information content (AvgIpc) is 3.03. The molecule has 3 rings (SSSR count). The van der Waals surface area contributed by atoms with Crippen LogP contribution in [0.4, 0.5) is 0 Å². The molecule has 0 spiro atoms. The summed E-state index contributed by atoms with van der Waals surface area (Å²) in [5, 5.41) is 0. The summed E-state index contributed by atoms with van der Waals surface area (Å²) in [6, 6.07) is 8.29. The van der Waals surface area contributed by atoms with Gasteiger partial charge in [0.15, 0.2) is 0 Å². The third-order valence-corrected chi connectivity index (χ3v) is 3.96. The number of imidazole rings is 1. The Labute approximate surface area is 125 Å². The van der Waals surface area contributed by atoms with Crippen molar-refractivity contribution in [2.75, 3.05) is 0 Å². The minimum absolute atomic E-state index is 0.0382. The molecular formula is C17H23N3O. The second-order valence-corrected chi connectivity index (χ2v) is 6.26. The van der Waals surface area contributed by atoms with Crippen molar-refractivity contribution in [2.45, 2.75) is 45.4 Å². The summed E-state index contributed by atoms with van der Waals surface area (Å²) in [5.74, 6) is 1.59. The minimum Gasteiger partial charge on any atom is -0.488 e. The molecular weight excluding hydrogens is 262 g/mol. The minimum atomic E-state index is 0.0382. The summed E-state index contributed by atoms with van der Waals surface area (Å²) in [6.07, 6.45) is 5.84. The van der Waals surface area contributed by atoms with E-state index in [2.05, 4.69) is 35.5 Å². The van der Waals surface area contributed by atoms with Crippen LogP contribution >= 0.6 is 0 Å². The van der Waals surface area contributed by atoms with Gasteiger partial charge in [-0.15, -0.1) is 0 Å². The van der Waals surface area contributed by atoms with Crippen molar-refractivity contribution in [3.63, 3.8) is 0 Å². The molecule has 112 valence electrons. The third kappa shape index (κ3) is 3.10. The highest BCUT2D eigenvalue weighted by atomic mass is 16.5. The van der Waals surface area contributed by atoms with Crippen LogP contribution in [0.2, 0.25) is 0 Å². The second kappa shape index (κ2) is 5.90. The van der Waals surface area contributed by atoms with E-state index in [1.165, 1.54) is 5.56 Å². The van der Waals surface area contributed by atoms with Gasteiger partial charge in [0.25, 0.3) is 0 Å². The Kier molecular flexibility index (Phi) is 3.97. The highest BCUT2D eigenvalue weighted by Gasteiger charge is 2.24. The fraction of sp³-hybridized carbons (Fsp3) is 0.471. The molecule has 4 nitrogen and oxygen atoms in total. The lowest BCUT2D eigenvalue weighted by atomic mass is 10.0. The molecule has 0 amide bonds. The van der Waals surface area contributed by atoms with Gasteiger partial charge in [-0.25, -0.2) is 4.98 Å². The maximum Gasteiger partial charge on any atom is 0.123 e. The van der Waals surface area contributed by atoms with Crippen LogP contribution in [0, 0.1) is 5.92 Å². The number of hydrogen-bond acceptors (Lipinski definition) is 3. The Morgan fingerprint density at radius 1 is 1.38 bits per heavy atom. The summed E-state index contributed by atoms with van der Waals surface area (Å²) in [4.78, 5) is 4.27. The van der Waals surface area contributed by atoms with E-state index in [0.29, 0.717) is 5.92 Å². The van der Waals surface area contributed by atoms with Crippen molar-refractivity contribution in [1.82, 2.24) is 9.55 Å². The monoisotopic (exact) mass is 285 g/mol. The number of para-hydroxylation sites is 1. The Morgan fingerprint density at radius 2 is 2.19 bits per heavy atom. The van der Waals surface area contributed by atoms with Gasteiger partial charge < -0.3 is 15.0 Å². The van der Waals surface area contributed by atoms with Gasteiger partial charge in [-0.05, 0) is 24.0 Å². The van der Waals surface area contributed by atoms with Crippen molar-refractivity contribution in [2.24, 2.45) is 11.7 Å². The van der Waals surface area contributed by atoms with Gasteiger partial charge in [0.1, 0.15) is 11.9 Å². The molecule has 0 radical (unpaired) electrons. The lowest BCUT2D eigenvalue weighted by molar-refractivity contribution is 0.206. The fourth-order valence-electron chi connectivity index (χ4n) is 3.00. The molecule has 0 aliphatic carbocycles. The van der Waals surface area contributed by atoms with Crippen LogP contribution in [-0.2, 0) is 13.0 Å². The van der Waals surface area contributed by atoms with Crippen molar-refractivity contribution in [3.05, 3.63) is 48.0 Å². The van der Waals surface area contributed by atoms with Crippen LogP contribution in [0.25, 0.3) is 0 Å². The van der Waals surface area contributed by atoms with Gasteiger partial charge in [0.2, 0.25) is 0 Å². The standard InChI is InChI=1S/C17H23N3O/c1-12(2)7-15(18)16-9-19-11-20(16)10-14-8-13-5-3-4-6-17(13)21-14/h3-6,9,11-12,14-15H,7-8,10,18H2,1-2H3. The van der Waals surface area contributed by atoms with E-state index < -0.39 is 0 Å². The number of ether oxygens (including phenoxy) is 1. The summed E-state index contributed by atoms with van der Waals surface area (Å²) in [6.45, 7) is 5.18. The van der Waals surface area contributed by atoms with Crippen LogP contribution < -0.4 is 10.5 Å². The Bertz CT molecular complexity index is 581. The van der Waals surface area contributed by atoms with Crippen LogP contribution in [-0.4, -0.2) is 15.7 Å². The first kappa shape index (κ1) is 14.1. The maximum absolute atomic E-state index is 6.30. The average molecular weight is 285 g/mol. The van der Waals surface area contributed by atoms with E-state index in [1.807, 2.05) is 24.7 Å². The number of hydrogen-bond donors (Lipinski definition) is 1. The van der Waals surface area contributed by atoms with Crippen molar-refractivity contribution in [3.8, 4) is 5.75 Å². The predicted molar refractivity (Wildman–Crippen MR) is 83.2 cm³/mol. The molecule has 2 N–H and O–H groups in total. The number of fused-ring (bicyclic) bond motifs is 1. The molecule has 1 aromatic carbocycles. The summed E-state index contributed by atoms with van der Waals surface area (Å²) < 4.78 is 8.15. The first-order valence-corrected chi connectivity index (χ1v) is 7.63. The molecule has 0 fully saturated rings. The summed E-state index contributed by atoms with van der Waals surface area (Å²) in [7, 11) is 0. The molecule has 4 heteroatoms. The van der Waals surface area contributed by atoms with Gasteiger partial charge >= 0.3 is 0 Å². The number of aromatic nitrogens is 2. The third-order valence-electron chi connectivity index (χ3n) is 3.96. The molecule has 2 aromatic rings. The van der Waals surface area contributed by atoms with E-state index >= 15 is 0 Å². The number of benzene rings is 1. The van der Waals surface area contributed by atoms with Crippen molar-refractivity contribution >= 4 is 0 Å². The highest BCUT2D eigenvalue weighted by molar-refractivity contribution is 5.37. The molecule has 2 heterocycles. The summed E-state index contributed by atoms with van der Waals surface area (Å²) in [5.41, 5.74) is 8.69. The number of nitrogens with two attached hydrogens (primary N) is 1. The van der Waals surface area contributed by atoms with Crippen LogP contribution in [0.5, 0.6) is 5.75 Å². The molecule has 0 saturated heterocycles. The van der Waals surface area contributed by atoms with Gasteiger partial charge in [-0.3, -0.25) is 0 Å². The smallest absolute Gasteiger partial charge is 0.123 e. The lowest BCUT2D eigenvalue weighted by Gasteiger charge is -2.18. The lowest BCUT2D eigenvalue weighted by Crippen LogP contribution is -2.24. The van der Waals surface area contributed by atoms with E-state index in [0.717, 1.165) is 30.8 Å². The summed E-state index contributed by atoms with van der Waals surface area (Å²) >= 11 is 0. The zero-order valence-corrected chi connectivity index (χ0v) is 12.7. The maximum atomic E-state index is 6.30. The van der Waals surface area contributed by atoms with Gasteiger partial charge in [-0.2, -0.15) is 0 Å². The van der Waals surface area contributed by atoms with Crippen LogP contribution in [0.3, 0.4) is 0 Å².